The van der Waals surface area contributed by atoms with Crippen LogP contribution >= 0.6 is 0 Å². The van der Waals surface area contributed by atoms with E-state index in [1.54, 1.807) is 24.3 Å². The van der Waals surface area contributed by atoms with E-state index >= 15 is 0 Å². The Balaban J connectivity index is 1.57. The SMILES string of the molecule is NCCOc1ccc(C(=O)N2C[C@H](c3ccc(F)cc3F)[C@H]3CNCC[C@H]32)cc1. The van der Waals surface area contributed by atoms with Crippen molar-refractivity contribution in [1.29, 1.82) is 0 Å². The van der Waals surface area contributed by atoms with E-state index in [9.17, 15) is 13.6 Å². The maximum Gasteiger partial charge on any atom is 0.254 e. The predicted octanol–water partition coefficient (Wildman–Crippen LogP) is 2.52. The van der Waals surface area contributed by atoms with E-state index in [2.05, 4.69) is 5.32 Å². The van der Waals surface area contributed by atoms with Crippen molar-refractivity contribution in [2.24, 2.45) is 11.7 Å². The molecule has 154 valence electrons. The van der Waals surface area contributed by atoms with Crippen LogP contribution in [0, 0.1) is 17.6 Å². The molecule has 2 saturated heterocycles. The maximum absolute atomic E-state index is 14.5. The Morgan fingerprint density at radius 1 is 1.21 bits per heavy atom. The molecule has 29 heavy (non-hydrogen) atoms. The predicted molar refractivity (Wildman–Crippen MR) is 106 cm³/mol. The monoisotopic (exact) mass is 401 g/mol. The molecule has 0 spiro atoms. The van der Waals surface area contributed by atoms with Gasteiger partial charge in [-0.3, -0.25) is 4.79 Å². The van der Waals surface area contributed by atoms with E-state index in [1.807, 2.05) is 4.90 Å². The van der Waals surface area contributed by atoms with Gasteiger partial charge in [-0.1, -0.05) is 6.07 Å². The van der Waals surface area contributed by atoms with E-state index in [0.29, 0.717) is 43.1 Å². The van der Waals surface area contributed by atoms with E-state index in [4.69, 9.17) is 10.5 Å². The first-order valence-electron chi connectivity index (χ1n) is 9.98. The number of benzene rings is 2. The molecule has 2 heterocycles. The number of nitrogens with zero attached hydrogens (tertiary/aromatic N) is 1. The summed E-state index contributed by atoms with van der Waals surface area (Å²) in [6.07, 6.45) is 0.813. The number of halogens is 2. The second-order valence-corrected chi connectivity index (χ2v) is 7.62. The van der Waals surface area contributed by atoms with Gasteiger partial charge in [0.25, 0.3) is 5.91 Å². The van der Waals surface area contributed by atoms with Crippen LogP contribution in [-0.2, 0) is 0 Å². The summed E-state index contributed by atoms with van der Waals surface area (Å²) in [6, 6.07) is 10.8. The molecule has 2 aromatic carbocycles. The normalized spacial score (nSPS) is 23.7. The molecule has 3 atom stereocenters. The van der Waals surface area contributed by atoms with Crippen molar-refractivity contribution in [3.63, 3.8) is 0 Å². The molecule has 2 fully saturated rings. The van der Waals surface area contributed by atoms with Gasteiger partial charge in [0, 0.05) is 49.1 Å². The molecule has 7 heteroatoms. The Labute approximate surface area is 168 Å². The average Bonchev–Trinajstić information content (AvgIpc) is 3.12. The number of carbonyl (C=O) groups excluding carboxylic acids is 1. The lowest BCUT2D eigenvalue weighted by molar-refractivity contribution is 0.0697. The van der Waals surface area contributed by atoms with Crippen LogP contribution in [0.3, 0.4) is 0 Å². The molecular weight excluding hydrogens is 376 g/mol. The fourth-order valence-electron chi connectivity index (χ4n) is 4.55. The lowest BCUT2D eigenvalue weighted by Gasteiger charge is -2.33. The lowest BCUT2D eigenvalue weighted by Crippen LogP contribution is -2.46. The van der Waals surface area contributed by atoms with Gasteiger partial charge in [0.15, 0.2) is 0 Å². The number of hydrogen-bond donors (Lipinski definition) is 2. The minimum absolute atomic E-state index is 0.0337. The molecule has 0 aliphatic carbocycles. The third kappa shape index (κ3) is 3.97. The van der Waals surface area contributed by atoms with Crippen molar-refractivity contribution >= 4 is 5.91 Å². The highest BCUT2D eigenvalue weighted by molar-refractivity contribution is 5.95. The number of ether oxygens (including phenoxy) is 1. The maximum atomic E-state index is 14.5. The summed E-state index contributed by atoms with van der Waals surface area (Å²) >= 11 is 0. The number of rotatable bonds is 5. The van der Waals surface area contributed by atoms with Crippen molar-refractivity contribution in [1.82, 2.24) is 10.2 Å². The van der Waals surface area contributed by atoms with Crippen LogP contribution in [0.5, 0.6) is 5.75 Å². The van der Waals surface area contributed by atoms with Crippen LogP contribution in [0.25, 0.3) is 0 Å². The number of amides is 1. The van der Waals surface area contributed by atoms with Crippen molar-refractivity contribution in [2.45, 2.75) is 18.4 Å². The Bertz CT molecular complexity index is 875. The van der Waals surface area contributed by atoms with Crippen LogP contribution in [-0.4, -0.2) is 49.6 Å². The molecule has 1 amide bonds. The molecule has 0 unspecified atom stereocenters. The van der Waals surface area contributed by atoms with Gasteiger partial charge >= 0.3 is 0 Å². The molecule has 2 aliphatic heterocycles. The van der Waals surface area contributed by atoms with Crippen LogP contribution < -0.4 is 15.8 Å². The van der Waals surface area contributed by atoms with Crippen LogP contribution in [0.4, 0.5) is 8.78 Å². The summed E-state index contributed by atoms with van der Waals surface area (Å²) in [7, 11) is 0. The zero-order valence-corrected chi connectivity index (χ0v) is 16.1. The summed E-state index contributed by atoms with van der Waals surface area (Å²) < 4.78 is 33.3. The molecule has 0 aromatic heterocycles. The minimum Gasteiger partial charge on any atom is -0.492 e. The summed E-state index contributed by atoms with van der Waals surface area (Å²) in [5.41, 5.74) is 6.49. The summed E-state index contributed by atoms with van der Waals surface area (Å²) in [5.74, 6) is -0.608. The first kappa shape index (κ1) is 19.8. The van der Waals surface area contributed by atoms with Gasteiger partial charge in [-0.05, 0) is 48.9 Å². The van der Waals surface area contributed by atoms with Crippen LogP contribution in [0.15, 0.2) is 42.5 Å². The van der Waals surface area contributed by atoms with Gasteiger partial charge in [-0.25, -0.2) is 8.78 Å². The summed E-state index contributed by atoms with van der Waals surface area (Å²) in [4.78, 5) is 15.1. The average molecular weight is 401 g/mol. The zero-order valence-electron chi connectivity index (χ0n) is 16.1. The summed E-state index contributed by atoms with van der Waals surface area (Å²) in [5, 5.41) is 3.35. The number of nitrogens with one attached hydrogen (secondary N) is 1. The molecule has 0 saturated carbocycles. The highest BCUT2D eigenvalue weighted by atomic mass is 19.1. The number of piperidine rings is 1. The molecule has 2 aliphatic rings. The standard InChI is InChI=1S/C22H25F2N3O2/c23-15-3-6-17(20(24)11-15)19-13-27(21-7-9-26-12-18(19)21)22(28)14-1-4-16(5-2-14)29-10-8-25/h1-6,11,18-19,21,26H,7-10,12-13,25H2/t18-,19-,21-/m1/s1. The van der Waals surface area contributed by atoms with Crippen molar-refractivity contribution in [3.05, 3.63) is 65.2 Å². The third-order valence-corrected chi connectivity index (χ3v) is 5.91. The fraction of sp³-hybridized carbons (Fsp3) is 0.409. The van der Waals surface area contributed by atoms with Crippen LogP contribution in [0.1, 0.15) is 28.3 Å². The minimum atomic E-state index is -0.590. The van der Waals surface area contributed by atoms with E-state index < -0.39 is 11.6 Å². The Kier molecular flexibility index (Phi) is 5.78. The first-order valence-corrected chi connectivity index (χ1v) is 9.98. The number of likely N-dealkylation sites (tertiary alicyclic amines) is 1. The number of carbonyl (C=O) groups is 1. The molecule has 5 nitrogen and oxygen atoms in total. The Hall–Kier alpha value is -2.51. The van der Waals surface area contributed by atoms with Crippen LogP contribution in [0.2, 0.25) is 0 Å². The van der Waals surface area contributed by atoms with E-state index in [-0.39, 0.29) is 23.8 Å². The van der Waals surface area contributed by atoms with E-state index in [1.165, 1.54) is 12.1 Å². The fourth-order valence-corrected chi connectivity index (χ4v) is 4.55. The number of hydrogen-bond acceptors (Lipinski definition) is 4. The number of nitrogens with two attached hydrogens (primary N) is 1. The smallest absolute Gasteiger partial charge is 0.254 e. The van der Waals surface area contributed by atoms with E-state index in [0.717, 1.165) is 19.0 Å². The molecule has 4 rings (SSSR count). The molecule has 2 aromatic rings. The van der Waals surface area contributed by atoms with Gasteiger partial charge in [0.05, 0.1) is 0 Å². The highest BCUT2D eigenvalue weighted by Gasteiger charge is 2.46. The first-order chi connectivity index (χ1) is 14.1. The second kappa shape index (κ2) is 8.47. The Morgan fingerprint density at radius 3 is 2.72 bits per heavy atom. The largest absolute Gasteiger partial charge is 0.492 e. The molecule has 3 N–H and O–H groups in total. The van der Waals surface area contributed by atoms with Gasteiger partial charge in [-0.15, -0.1) is 0 Å². The number of fused-ring (bicyclic) bond motifs is 1. The highest BCUT2D eigenvalue weighted by Crippen LogP contribution is 2.41. The lowest BCUT2D eigenvalue weighted by atomic mass is 9.82. The van der Waals surface area contributed by atoms with Gasteiger partial charge in [0.2, 0.25) is 0 Å². The van der Waals surface area contributed by atoms with Gasteiger partial charge in [-0.2, -0.15) is 0 Å². The third-order valence-electron chi connectivity index (χ3n) is 5.91. The van der Waals surface area contributed by atoms with Crippen molar-refractivity contribution in [3.8, 4) is 5.75 Å². The van der Waals surface area contributed by atoms with Crippen molar-refractivity contribution < 1.29 is 18.3 Å². The molecule has 0 radical (unpaired) electrons. The molecular formula is C22H25F2N3O2. The van der Waals surface area contributed by atoms with Crippen molar-refractivity contribution in [2.75, 3.05) is 32.8 Å². The van der Waals surface area contributed by atoms with Gasteiger partial charge in [0.1, 0.15) is 24.0 Å². The summed E-state index contributed by atoms with van der Waals surface area (Å²) in [6.45, 7) is 2.79. The quantitative estimate of drug-likeness (QED) is 0.808. The topological polar surface area (TPSA) is 67.6 Å². The van der Waals surface area contributed by atoms with Gasteiger partial charge < -0.3 is 20.7 Å². The Morgan fingerprint density at radius 2 is 2.00 bits per heavy atom. The second-order valence-electron chi connectivity index (χ2n) is 7.62. The molecule has 0 bridgehead atoms. The zero-order chi connectivity index (χ0) is 20.4.